The van der Waals surface area contributed by atoms with E-state index >= 15 is 0 Å². The summed E-state index contributed by atoms with van der Waals surface area (Å²) in [7, 11) is -4.91. The Labute approximate surface area is 161 Å². The number of rotatable bonds is 4. The number of hydrogen-bond donors (Lipinski definition) is 4. The van der Waals surface area contributed by atoms with E-state index in [1.165, 1.54) is 18.3 Å². The SMILES string of the molecule is O=C(c1ncccc1O[C@@H]1OC(S(=O)(=O)O)[C@@H](O)[C@H](O)[C@H]1O)N1CCCCC1. The van der Waals surface area contributed by atoms with Gasteiger partial charge in [-0.3, -0.25) is 9.35 Å². The van der Waals surface area contributed by atoms with E-state index in [0.29, 0.717) is 13.1 Å². The zero-order valence-electron chi connectivity index (χ0n) is 14.8. The number of amides is 1. The lowest BCUT2D eigenvalue weighted by molar-refractivity contribution is -0.254. The number of likely N-dealkylation sites (tertiary alicyclic amines) is 1. The number of hydrogen-bond acceptors (Lipinski definition) is 9. The lowest BCUT2D eigenvalue weighted by Gasteiger charge is -2.38. The van der Waals surface area contributed by atoms with Gasteiger partial charge >= 0.3 is 0 Å². The summed E-state index contributed by atoms with van der Waals surface area (Å²) in [5.74, 6) is -0.493. The number of nitrogens with zero attached hydrogens (tertiary/aromatic N) is 2. The molecule has 4 N–H and O–H groups in total. The molecule has 0 saturated carbocycles. The highest BCUT2D eigenvalue weighted by atomic mass is 32.2. The van der Waals surface area contributed by atoms with Crippen molar-refractivity contribution in [3.8, 4) is 5.75 Å². The summed E-state index contributed by atoms with van der Waals surface area (Å²) in [5.41, 5.74) is -2.29. The van der Waals surface area contributed by atoms with Gasteiger partial charge in [-0.15, -0.1) is 0 Å². The fourth-order valence-electron chi connectivity index (χ4n) is 3.18. The van der Waals surface area contributed by atoms with Crippen LogP contribution in [0.4, 0.5) is 0 Å². The molecule has 0 spiro atoms. The molecule has 2 aliphatic heterocycles. The summed E-state index contributed by atoms with van der Waals surface area (Å²) in [6.45, 7) is 1.13. The van der Waals surface area contributed by atoms with Crippen LogP contribution in [0.2, 0.25) is 0 Å². The molecule has 5 atom stereocenters. The summed E-state index contributed by atoms with van der Waals surface area (Å²) in [6, 6.07) is 2.84. The van der Waals surface area contributed by atoms with E-state index in [0.717, 1.165) is 19.3 Å². The fraction of sp³-hybridized carbons (Fsp3) is 0.625. The first-order valence-electron chi connectivity index (χ1n) is 8.77. The maximum atomic E-state index is 12.7. The van der Waals surface area contributed by atoms with Crippen molar-refractivity contribution in [1.82, 2.24) is 9.88 Å². The predicted molar refractivity (Wildman–Crippen MR) is 92.8 cm³/mol. The molecule has 28 heavy (non-hydrogen) atoms. The minimum Gasteiger partial charge on any atom is -0.459 e. The van der Waals surface area contributed by atoms with Gasteiger partial charge in [-0.2, -0.15) is 8.42 Å². The van der Waals surface area contributed by atoms with Gasteiger partial charge in [0.05, 0.1) is 0 Å². The molecule has 1 unspecified atom stereocenters. The molecular formula is C16H22N2O9S. The number of piperidine rings is 1. The van der Waals surface area contributed by atoms with Crippen LogP contribution in [-0.2, 0) is 14.9 Å². The number of aliphatic hydroxyl groups excluding tert-OH is 3. The molecule has 3 heterocycles. The van der Waals surface area contributed by atoms with E-state index in [2.05, 4.69) is 4.98 Å². The van der Waals surface area contributed by atoms with E-state index in [1.54, 1.807) is 4.90 Å². The van der Waals surface area contributed by atoms with Crippen molar-refractivity contribution < 1.29 is 42.6 Å². The second-order valence-electron chi connectivity index (χ2n) is 6.68. The van der Waals surface area contributed by atoms with Crippen molar-refractivity contribution in [3.05, 3.63) is 24.0 Å². The van der Waals surface area contributed by atoms with Crippen LogP contribution in [0.3, 0.4) is 0 Å². The van der Waals surface area contributed by atoms with Gasteiger partial charge in [0.15, 0.2) is 11.4 Å². The van der Waals surface area contributed by atoms with Crippen LogP contribution in [0, 0.1) is 0 Å². The highest BCUT2D eigenvalue weighted by Crippen LogP contribution is 2.28. The minimum absolute atomic E-state index is 0.0655. The highest BCUT2D eigenvalue weighted by molar-refractivity contribution is 7.86. The van der Waals surface area contributed by atoms with Crippen LogP contribution < -0.4 is 4.74 Å². The summed E-state index contributed by atoms with van der Waals surface area (Å²) in [6.07, 6.45) is -3.56. The van der Waals surface area contributed by atoms with Crippen LogP contribution in [-0.4, -0.2) is 87.2 Å². The molecule has 12 heteroatoms. The van der Waals surface area contributed by atoms with E-state index in [-0.39, 0.29) is 11.4 Å². The van der Waals surface area contributed by atoms with E-state index in [1.807, 2.05) is 0 Å². The Morgan fingerprint density at radius 3 is 2.46 bits per heavy atom. The van der Waals surface area contributed by atoms with Gasteiger partial charge in [0.2, 0.25) is 11.7 Å². The maximum absolute atomic E-state index is 12.7. The summed E-state index contributed by atoms with van der Waals surface area (Å²) >= 11 is 0. The molecule has 1 amide bonds. The molecule has 0 radical (unpaired) electrons. The quantitative estimate of drug-likeness (QED) is 0.433. The minimum atomic E-state index is -4.91. The van der Waals surface area contributed by atoms with Crippen molar-refractivity contribution in [3.63, 3.8) is 0 Å². The number of aliphatic hydroxyl groups is 3. The normalized spacial score (nSPS) is 31.4. The van der Waals surface area contributed by atoms with Gasteiger partial charge in [-0.1, -0.05) is 0 Å². The van der Waals surface area contributed by atoms with Gasteiger partial charge in [-0.05, 0) is 31.4 Å². The molecule has 0 aromatic carbocycles. The topological polar surface area (TPSA) is 167 Å². The van der Waals surface area contributed by atoms with Crippen molar-refractivity contribution in [2.75, 3.05) is 13.1 Å². The molecule has 2 saturated heterocycles. The Bertz CT molecular complexity index is 812. The maximum Gasteiger partial charge on any atom is 0.295 e. The third-order valence-corrected chi connectivity index (χ3v) is 5.66. The van der Waals surface area contributed by atoms with Gasteiger partial charge in [0.25, 0.3) is 16.0 Å². The Kier molecular flexibility index (Phi) is 6.17. The number of carbonyl (C=O) groups is 1. The number of carbonyl (C=O) groups excluding carboxylic acids is 1. The van der Waals surface area contributed by atoms with Gasteiger partial charge in [0.1, 0.15) is 18.3 Å². The Balaban J connectivity index is 1.83. The van der Waals surface area contributed by atoms with Crippen molar-refractivity contribution in [1.29, 1.82) is 0 Å². The van der Waals surface area contributed by atoms with Crippen LogP contribution in [0.25, 0.3) is 0 Å². The first-order valence-corrected chi connectivity index (χ1v) is 10.3. The van der Waals surface area contributed by atoms with Crippen molar-refractivity contribution in [2.24, 2.45) is 0 Å². The van der Waals surface area contributed by atoms with Crippen molar-refractivity contribution >= 4 is 16.0 Å². The molecule has 1 aromatic rings. The first kappa shape index (κ1) is 20.9. The molecule has 3 rings (SSSR count). The second kappa shape index (κ2) is 8.27. The third kappa shape index (κ3) is 4.26. The van der Waals surface area contributed by atoms with E-state index in [4.69, 9.17) is 9.47 Å². The Hall–Kier alpha value is -1.83. The standard InChI is InChI=1S/C16H22N2O9S/c19-11-12(20)15(27-16(13(11)21)28(23,24)25)26-9-5-4-6-17-10(9)14(22)18-7-2-1-3-8-18/h4-6,11-13,15-16,19-21H,1-3,7-8H2,(H,23,24,25)/t11-,12-,13+,15-,16?/m1/s1. The van der Waals surface area contributed by atoms with E-state index in [9.17, 15) is 33.1 Å². The molecule has 156 valence electrons. The lowest BCUT2D eigenvalue weighted by atomic mass is 10.1. The van der Waals surface area contributed by atoms with Gasteiger partial charge in [-0.25, -0.2) is 4.98 Å². The van der Waals surface area contributed by atoms with Crippen LogP contribution in [0.1, 0.15) is 29.8 Å². The summed E-state index contributed by atoms with van der Waals surface area (Å²) < 4.78 is 42.3. The average Bonchev–Trinajstić information content (AvgIpc) is 2.68. The molecule has 2 fully saturated rings. The average molecular weight is 418 g/mol. The molecule has 11 nitrogen and oxygen atoms in total. The van der Waals surface area contributed by atoms with Crippen LogP contribution >= 0.6 is 0 Å². The molecule has 0 aliphatic carbocycles. The highest BCUT2D eigenvalue weighted by Gasteiger charge is 2.50. The molecule has 2 aliphatic rings. The first-order chi connectivity index (χ1) is 13.2. The number of ether oxygens (including phenoxy) is 2. The zero-order chi connectivity index (χ0) is 20.5. The monoisotopic (exact) mass is 418 g/mol. The van der Waals surface area contributed by atoms with Crippen LogP contribution in [0.5, 0.6) is 5.75 Å². The van der Waals surface area contributed by atoms with Gasteiger partial charge in [0, 0.05) is 19.3 Å². The summed E-state index contributed by atoms with van der Waals surface area (Å²) in [4.78, 5) is 18.4. The zero-order valence-corrected chi connectivity index (χ0v) is 15.6. The predicted octanol–water partition coefficient (Wildman–Crippen LogP) is -1.26. The Morgan fingerprint density at radius 2 is 1.82 bits per heavy atom. The third-order valence-electron chi connectivity index (χ3n) is 4.68. The number of aromatic nitrogens is 1. The van der Waals surface area contributed by atoms with Crippen LogP contribution in [0.15, 0.2) is 18.3 Å². The largest absolute Gasteiger partial charge is 0.459 e. The van der Waals surface area contributed by atoms with Crippen molar-refractivity contribution in [2.45, 2.75) is 49.3 Å². The molecule has 1 aromatic heterocycles. The van der Waals surface area contributed by atoms with Gasteiger partial charge < -0.3 is 29.7 Å². The lowest BCUT2D eigenvalue weighted by Crippen LogP contribution is -2.61. The smallest absolute Gasteiger partial charge is 0.295 e. The fourth-order valence-corrected chi connectivity index (χ4v) is 3.94. The van der Waals surface area contributed by atoms with E-state index < -0.39 is 46.1 Å². The Morgan fingerprint density at radius 1 is 1.14 bits per heavy atom. The summed E-state index contributed by atoms with van der Waals surface area (Å²) in [5, 5.41) is 29.7. The number of pyridine rings is 1. The second-order valence-corrected chi connectivity index (χ2v) is 8.18. The molecule has 0 bridgehead atoms. The molecular weight excluding hydrogens is 396 g/mol.